The molecular formula is C22H24N2O4. The average Bonchev–Trinajstić information content (AvgIpc) is 3.20. The maximum Gasteiger partial charge on any atom is 0.265 e. The lowest BCUT2D eigenvalue weighted by Crippen LogP contribution is -2.40. The van der Waals surface area contributed by atoms with Crippen molar-refractivity contribution in [1.29, 1.82) is 0 Å². The smallest absolute Gasteiger partial charge is 0.265 e. The van der Waals surface area contributed by atoms with Gasteiger partial charge in [-0.05, 0) is 49.9 Å². The molecule has 146 valence electrons. The van der Waals surface area contributed by atoms with Crippen molar-refractivity contribution < 1.29 is 19.1 Å². The van der Waals surface area contributed by atoms with Crippen LogP contribution in [0.2, 0.25) is 0 Å². The highest BCUT2D eigenvalue weighted by Crippen LogP contribution is 2.31. The second-order valence-electron chi connectivity index (χ2n) is 7.15. The molecule has 28 heavy (non-hydrogen) atoms. The Labute approximate surface area is 164 Å². The van der Waals surface area contributed by atoms with E-state index in [1.54, 1.807) is 4.90 Å². The summed E-state index contributed by atoms with van der Waals surface area (Å²) in [6.45, 7) is 0.308. The summed E-state index contributed by atoms with van der Waals surface area (Å²) in [5, 5.41) is 2.90. The SMILES string of the molecule is O=C(CCN1C(=O)COc2ccccc21)Nc1cccc(OC2CCCC2)c1. The molecular weight excluding hydrogens is 356 g/mol. The molecule has 1 heterocycles. The quantitative estimate of drug-likeness (QED) is 0.829. The van der Waals surface area contributed by atoms with Crippen LogP contribution in [0.3, 0.4) is 0 Å². The average molecular weight is 380 g/mol. The molecule has 0 unspecified atom stereocenters. The molecule has 2 aromatic rings. The molecule has 2 aromatic carbocycles. The van der Waals surface area contributed by atoms with Crippen LogP contribution in [0.1, 0.15) is 32.1 Å². The van der Waals surface area contributed by atoms with Gasteiger partial charge in [-0.2, -0.15) is 0 Å². The van der Waals surface area contributed by atoms with Gasteiger partial charge in [-0.1, -0.05) is 18.2 Å². The molecule has 1 saturated carbocycles. The summed E-state index contributed by atoms with van der Waals surface area (Å²) in [7, 11) is 0. The van der Waals surface area contributed by atoms with Crippen molar-refractivity contribution in [2.24, 2.45) is 0 Å². The lowest BCUT2D eigenvalue weighted by molar-refractivity contribution is -0.121. The number of carbonyl (C=O) groups excluding carboxylic acids is 2. The minimum atomic E-state index is -0.144. The molecule has 0 aromatic heterocycles. The van der Waals surface area contributed by atoms with Crippen molar-refractivity contribution in [2.45, 2.75) is 38.2 Å². The highest BCUT2D eigenvalue weighted by Gasteiger charge is 2.25. The number of benzene rings is 2. The predicted molar refractivity (Wildman–Crippen MR) is 107 cm³/mol. The van der Waals surface area contributed by atoms with Crippen LogP contribution in [0.25, 0.3) is 0 Å². The Kier molecular flexibility index (Phi) is 5.46. The summed E-state index contributed by atoms with van der Waals surface area (Å²) >= 11 is 0. The van der Waals surface area contributed by atoms with Crippen molar-refractivity contribution >= 4 is 23.2 Å². The van der Waals surface area contributed by atoms with Gasteiger partial charge in [0.25, 0.3) is 5.91 Å². The Balaban J connectivity index is 1.34. The number of rotatable bonds is 6. The highest BCUT2D eigenvalue weighted by atomic mass is 16.5. The van der Waals surface area contributed by atoms with Gasteiger partial charge >= 0.3 is 0 Å². The lowest BCUT2D eigenvalue weighted by Gasteiger charge is -2.29. The van der Waals surface area contributed by atoms with E-state index >= 15 is 0 Å². The zero-order chi connectivity index (χ0) is 19.3. The van der Waals surface area contributed by atoms with Gasteiger partial charge in [0.1, 0.15) is 11.5 Å². The number of fused-ring (bicyclic) bond motifs is 1. The highest BCUT2D eigenvalue weighted by molar-refractivity contribution is 5.99. The van der Waals surface area contributed by atoms with Crippen molar-refractivity contribution in [3.63, 3.8) is 0 Å². The summed E-state index contributed by atoms with van der Waals surface area (Å²) in [6, 6.07) is 14.8. The third kappa shape index (κ3) is 4.27. The molecule has 0 saturated heterocycles. The van der Waals surface area contributed by atoms with Crippen LogP contribution in [0, 0.1) is 0 Å². The molecule has 0 atom stereocenters. The van der Waals surface area contributed by atoms with Crippen LogP contribution < -0.4 is 19.7 Å². The molecule has 2 aliphatic rings. The number of nitrogens with one attached hydrogen (secondary N) is 1. The number of amides is 2. The van der Waals surface area contributed by atoms with Gasteiger partial charge in [-0.15, -0.1) is 0 Å². The third-order valence-electron chi connectivity index (χ3n) is 5.09. The van der Waals surface area contributed by atoms with Gasteiger partial charge in [-0.25, -0.2) is 0 Å². The Bertz CT molecular complexity index is 861. The fourth-order valence-electron chi connectivity index (χ4n) is 3.68. The Morgan fingerprint density at radius 2 is 1.96 bits per heavy atom. The van der Waals surface area contributed by atoms with Gasteiger partial charge < -0.3 is 19.7 Å². The summed E-state index contributed by atoms with van der Waals surface area (Å²) in [4.78, 5) is 26.2. The van der Waals surface area contributed by atoms with Crippen LogP contribution in [0.15, 0.2) is 48.5 Å². The first kappa shape index (κ1) is 18.3. The van der Waals surface area contributed by atoms with E-state index in [4.69, 9.17) is 9.47 Å². The minimum Gasteiger partial charge on any atom is -0.490 e. The molecule has 1 aliphatic carbocycles. The minimum absolute atomic E-state index is 0.000810. The van der Waals surface area contributed by atoms with Gasteiger partial charge in [0.2, 0.25) is 5.91 Å². The second kappa shape index (κ2) is 8.33. The van der Waals surface area contributed by atoms with E-state index in [1.165, 1.54) is 12.8 Å². The molecule has 0 radical (unpaired) electrons. The Hall–Kier alpha value is -3.02. The van der Waals surface area contributed by atoms with Crippen LogP contribution in [0.4, 0.5) is 11.4 Å². The molecule has 2 amide bonds. The summed E-state index contributed by atoms with van der Waals surface area (Å²) in [5.41, 5.74) is 1.41. The van der Waals surface area contributed by atoms with Crippen LogP contribution in [-0.2, 0) is 9.59 Å². The lowest BCUT2D eigenvalue weighted by atomic mass is 10.2. The molecule has 0 spiro atoms. The maximum absolute atomic E-state index is 12.4. The van der Waals surface area contributed by atoms with E-state index in [-0.39, 0.29) is 30.9 Å². The van der Waals surface area contributed by atoms with E-state index in [0.717, 1.165) is 18.6 Å². The molecule has 4 rings (SSSR count). The molecule has 1 N–H and O–H groups in total. The van der Waals surface area contributed by atoms with E-state index in [2.05, 4.69) is 5.32 Å². The number of hydrogen-bond acceptors (Lipinski definition) is 4. The zero-order valence-electron chi connectivity index (χ0n) is 15.7. The van der Waals surface area contributed by atoms with Crippen LogP contribution >= 0.6 is 0 Å². The van der Waals surface area contributed by atoms with Crippen molar-refractivity contribution in [3.05, 3.63) is 48.5 Å². The Morgan fingerprint density at radius 1 is 1.14 bits per heavy atom. The number of para-hydroxylation sites is 2. The zero-order valence-corrected chi connectivity index (χ0v) is 15.7. The van der Waals surface area contributed by atoms with Crippen molar-refractivity contribution in [1.82, 2.24) is 0 Å². The first-order valence-electron chi connectivity index (χ1n) is 9.78. The molecule has 6 nitrogen and oxygen atoms in total. The number of carbonyl (C=O) groups is 2. The molecule has 1 fully saturated rings. The third-order valence-corrected chi connectivity index (χ3v) is 5.09. The normalized spacial score (nSPS) is 16.4. The monoisotopic (exact) mass is 380 g/mol. The van der Waals surface area contributed by atoms with E-state index in [9.17, 15) is 9.59 Å². The van der Waals surface area contributed by atoms with E-state index < -0.39 is 0 Å². The van der Waals surface area contributed by atoms with Gasteiger partial charge in [0, 0.05) is 24.7 Å². The van der Waals surface area contributed by atoms with Gasteiger partial charge in [0.15, 0.2) is 6.61 Å². The fourth-order valence-corrected chi connectivity index (χ4v) is 3.68. The van der Waals surface area contributed by atoms with Gasteiger partial charge in [-0.3, -0.25) is 9.59 Å². The number of hydrogen-bond donors (Lipinski definition) is 1. The van der Waals surface area contributed by atoms with E-state index in [0.29, 0.717) is 23.7 Å². The summed E-state index contributed by atoms with van der Waals surface area (Å²) < 4.78 is 11.4. The molecule has 6 heteroatoms. The van der Waals surface area contributed by atoms with E-state index in [1.807, 2.05) is 48.5 Å². The summed E-state index contributed by atoms with van der Waals surface area (Å²) in [6.07, 6.45) is 5.08. The molecule has 1 aliphatic heterocycles. The number of ether oxygens (including phenoxy) is 2. The first-order valence-corrected chi connectivity index (χ1v) is 9.78. The number of anilines is 2. The topological polar surface area (TPSA) is 67.9 Å². The van der Waals surface area contributed by atoms with Crippen LogP contribution in [0.5, 0.6) is 11.5 Å². The first-order chi connectivity index (χ1) is 13.7. The van der Waals surface area contributed by atoms with Crippen LogP contribution in [-0.4, -0.2) is 31.1 Å². The van der Waals surface area contributed by atoms with Crippen molar-refractivity contribution in [2.75, 3.05) is 23.4 Å². The van der Waals surface area contributed by atoms with Crippen molar-refractivity contribution in [3.8, 4) is 11.5 Å². The number of nitrogens with zero attached hydrogens (tertiary/aromatic N) is 1. The fraction of sp³-hybridized carbons (Fsp3) is 0.364. The standard InChI is InChI=1S/C22H24N2O4/c25-21(12-13-24-19-10-3-4-11-20(19)27-15-22(24)26)23-16-6-5-9-18(14-16)28-17-7-1-2-8-17/h3-6,9-11,14,17H,1-2,7-8,12-13,15H2,(H,23,25). The largest absolute Gasteiger partial charge is 0.490 e. The second-order valence-corrected chi connectivity index (χ2v) is 7.15. The molecule has 0 bridgehead atoms. The van der Waals surface area contributed by atoms with Gasteiger partial charge in [0.05, 0.1) is 11.8 Å². The maximum atomic E-state index is 12.4. The summed E-state index contributed by atoms with van der Waals surface area (Å²) in [5.74, 6) is 1.16. The Morgan fingerprint density at radius 3 is 2.82 bits per heavy atom. The predicted octanol–water partition coefficient (Wildman–Crippen LogP) is 3.76.